The third-order valence-electron chi connectivity index (χ3n) is 5.44. The first kappa shape index (κ1) is 31.4. The fourth-order valence-corrected chi connectivity index (χ4v) is 4.16. The van der Waals surface area contributed by atoms with E-state index in [0.717, 1.165) is 47.8 Å². The van der Waals surface area contributed by atoms with Crippen molar-refractivity contribution >= 4 is 29.6 Å². The Kier molecular flexibility index (Phi) is 14.2. The van der Waals surface area contributed by atoms with Crippen LogP contribution in [0.1, 0.15) is 28.8 Å². The molecule has 0 saturated carbocycles. The van der Waals surface area contributed by atoms with E-state index in [4.69, 9.17) is 24.5 Å². The standard InChI is InChI=1S/C28H34N2O2S.C2H2O4/c1-30(2)19-7-6-18-29-28(31)26-16-14-25(15-17-26)24-12-10-23(11-13-24)22-33-21-20-32-27-8-4-3-5-9-27;3-1(4)2(5)6/h3-5,8-17H,6-7,18-22H2,1-2H3,(H,29,31);(H,3,4)(H,5,6). The summed E-state index contributed by atoms with van der Waals surface area (Å²) < 4.78 is 5.74. The molecule has 8 nitrogen and oxygen atoms in total. The molecule has 0 aliphatic rings. The van der Waals surface area contributed by atoms with Gasteiger partial charge in [-0.05, 0) is 74.4 Å². The minimum atomic E-state index is -1.82. The molecule has 0 bridgehead atoms. The minimum absolute atomic E-state index is 0.00461. The fraction of sp³-hybridized carbons (Fsp3) is 0.300. The first-order valence-corrected chi connectivity index (χ1v) is 13.8. The second kappa shape index (κ2) is 17.6. The number of thioether (sulfide) groups is 1. The molecule has 0 fully saturated rings. The van der Waals surface area contributed by atoms with E-state index >= 15 is 0 Å². The van der Waals surface area contributed by atoms with Gasteiger partial charge >= 0.3 is 11.9 Å². The molecular weight excluding hydrogens is 516 g/mol. The Morgan fingerprint density at radius 2 is 1.41 bits per heavy atom. The summed E-state index contributed by atoms with van der Waals surface area (Å²) >= 11 is 1.87. The van der Waals surface area contributed by atoms with Gasteiger partial charge in [0.1, 0.15) is 5.75 Å². The molecule has 0 unspecified atom stereocenters. The summed E-state index contributed by atoms with van der Waals surface area (Å²) in [6.07, 6.45) is 2.08. The molecule has 208 valence electrons. The van der Waals surface area contributed by atoms with Crippen molar-refractivity contribution in [1.29, 1.82) is 0 Å². The van der Waals surface area contributed by atoms with Gasteiger partial charge in [0.15, 0.2) is 0 Å². The van der Waals surface area contributed by atoms with Gasteiger partial charge in [-0.1, -0.05) is 54.6 Å². The van der Waals surface area contributed by atoms with Crippen molar-refractivity contribution in [3.8, 4) is 16.9 Å². The van der Waals surface area contributed by atoms with Crippen molar-refractivity contribution < 1.29 is 29.3 Å². The third-order valence-corrected chi connectivity index (χ3v) is 6.44. The number of aliphatic carboxylic acids is 2. The van der Waals surface area contributed by atoms with Gasteiger partial charge in [-0.3, -0.25) is 4.79 Å². The molecule has 9 heteroatoms. The zero-order valence-corrected chi connectivity index (χ0v) is 23.2. The van der Waals surface area contributed by atoms with Gasteiger partial charge in [-0.15, -0.1) is 0 Å². The Morgan fingerprint density at radius 3 is 1.97 bits per heavy atom. The molecule has 0 radical (unpaired) electrons. The smallest absolute Gasteiger partial charge is 0.414 e. The number of hydrogen-bond acceptors (Lipinski definition) is 6. The fourth-order valence-electron chi connectivity index (χ4n) is 3.39. The quantitative estimate of drug-likeness (QED) is 0.203. The predicted octanol–water partition coefficient (Wildman–Crippen LogP) is 4.89. The normalized spacial score (nSPS) is 10.3. The largest absolute Gasteiger partial charge is 0.493 e. The average Bonchev–Trinajstić information content (AvgIpc) is 2.94. The second-order valence-corrected chi connectivity index (χ2v) is 9.97. The van der Waals surface area contributed by atoms with E-state index in [1.165, 1.54) is 5.56 Å². The highest BCUT2D eigenvalue weighted by Gasteiger charge is 2.06. The zero-order valence-electron chi connectivity index (χ0n) is 22.3. The lowest BCUT2D eigenvalue weighted by molar-refractivity contribution is -0.159. The molecule has 0 saturated heterocycles. The summed E-state index contributed by atoms with van der Waals surface area (Å²) in [6.45, 7) is 2.47. The molecule has 39 heavy (non-hydrogen) atoms. The Morgan fingerprint density at radius 1 is 0.821 bits per heavy atom. The number of hydrogen-bond donors (Lipinski definition) is 3. The van der Waals surface area contributed by atoms with Crippen molar-refractivity contribution in [1.82, 2.24) is 10.2 Å². The maximum absolute atomic E-state index is 12.3. The monoisotopic (exact) mass is 552 g/mol. The van der Waals surface area contributed by atoms with E-state index in [9.17, 15) is 4.79 Å². The van der Waals surface area contributed by atoms with Crippen LogP contribution in [-0.4, -0.2) is 72.5 Å². The molecule has 0 aliphatic carbocycles. The Labute approximate surface area is 234 Å². The van der Waals surface area contributed by atoms with Crippen LogP contribution >= 0.6 is 11.8 Å². The van der Waals surface area contributed by atoms with Crippen LogP contribution in [0.2, 0.25) is 0 Å². The highest BCUT2D eigenvalue weighted by molar-refractivity contribution is 7.98. The summed E-state index contributed by atoms with van der Waals surface area (Å²) in [5, 5.41) is 17.8. The first-order chi connectivity index (χ1) is 18.8. The number of carboxylic acids is 2. The van der Waals surface area contributed by atoms with Crippen molar-refractivity contribution in [2.75, 3.05) is 39.5 Å². The van der Waals surface area contributed by atoms with E-state index in [1.54, 1.807) is 0 Å². The topological polar surface area (TPSA) is 116 Å². The molecular formula is C30H36N2O6S. The Hall–Kier alpha value is -3.82. The van der Waals surface area contributed by atoms with Gasteiger partial charge in [0, 0.05) is 23.6 Å². The van der Waals surface area contributed by atoms with Gasteiger partial charge in [0.05, 0.1) is 6.61 Å². The highest BCUT2D eigenvalue weighted by Crippen LogP contribution is 2.22. The van der Waals surface area contributed by atoms with Gasteiger partial charge in [-0.25, -0.2) is 9.59 Å². The van der Waals surface area contributed by atoms with Crippen LogP contribution in [0.4, 0.5) is 0 Å². The van der Waals surface area contributed by atoms with Gasteiger partial charge < -0.3 is 25.2 Å². The van der Waals surface area contributed by atoms with Crippen LogP contribution in [0.5, 0.6) is 5.75 Å². The van der Waals surface area contributed by atoms with Crippen LogP contribution in [-0.2, 0) is 15.3 Å². The molecule has 0 aromatic heterocycles. The SMILES string of the molecule is CN(C)CCCCNC(=O)c1ccc(-c2ccc(CSCCOc3ccccc3)cc2)cc1.O=C(O)C(=O)O. The Bertz CT molecular complexity index is 1140. The third kappa shape index (κ3) is 13.0. The number of unbranched alkanes of at least 4 members (excludes halogenated alkanes) is 1. The lowest BCUT2D eigenvalue weighted by Gasteiger charge is -2.10. The maximum atomic E-state index is 12.3. The maximum Gasteiger partial charge on any atom is 0.414 e. The van der Waals surface area contributed by atoms with Crippen LogP contribution in [0.3, 0.4) is 0 Å². The van der Waals surface area contributed by atoms with Crippen LogP contribution < -0.4 is 10.1 Å². The lowest BCUT2D eigenvalue weighted by atomic mass is 10.0. The van der Waals surface area contributed by atoms with E-state index < -0.39 is 11.9 Å². The molecule has 0 atom stereocenters. The molecule has 3 aromatic rings. The number of ether oxygens (including phenoxy) is 1. The van der Waals surface area contributed by atoms with Gasteiger partial charge in [-0.2, -0.15) is 11.8 Å². The molecule has 3 rings (SSSR count). The molecule has 1 amide bonds. The molecule has 0 heterocycles. The number of carbonyl (C=O) groups excluding carboxylic acids is 1. The summed E-state index contributed by atoms with van der Waals surface area (Å²) in [4.78, 5) is 32.7. The number of benzene rings is 3. The summed E-state index contributed by atoms with van der Waals surface area (Å²) in [5.41, 5.74) is 4.28. The first-order valence-electron chi connectivity index (χ1n) is 12.6. The summed E-state index contributed by atoms with van der Waals surface area (Å²) in [6, 6.07) is 26.4. The zero-order chi connectivity index (χ0) is 28.5. The number of nitrogens with zero attached hydrogens (tertiary/aromatic N) is 1. The number of carboxylic acid groups (broad SMARTS) is 2. The number of carbonyl (C=O) groups is 3. The van der Waals surface area contributed by atoms with E-state index in [-0.39, 0.29) is 5.91 Å². The van der Waals surface area contributed by atoms with Gasteiger partial charge in [0.2, 0.25) is 0 Å². The Balaban J connectivity index is 0.000000798. The van der Waals surface area contributed by atoms with Crippen molar-refractivity contribution in [3.05, 3.63) is 90.0 Å². The predicted molar refractivity (Wildman–Crippen MR) is 155 cm³/mol. The van der Waals surface area contributed by atoms with E-state index in [1.807, 2.05) is 66.4 Å². The van der Waals surface area contributed by atoms with Crippen LogP contribution in [0.25, 0.3) is 11.1 Å². The van der Waals surface area contributed by atoms with Crippen LogP contribution in [0, 0.1) is 0 Å². The lowest BCUT2D eigenvalue weighted by Crippen LogP contribution is -2.25. The molecule has 0 spiro atoms. The van der Waals surface area contributed by atoms with E-state index in [0.29, 0.717) is 18.7 Å². The summed E-state index contributed by atoms with van der Waals surface area (Å²) in [5.74, 6) is -0.812. The van der Waals surface area contributed by atoms with Gasteiger partial charge in [0.25, 0.3) is 5.91 Å². The molecule has 3 N–H and O–H groups in total. The molecule has 3 aromatic carbocycles. The number of amides is 1. The number of nitrogens with one attached hydrogen (secondary N) is 1. The van der Waals surface area contributed by atoms with Crippen molar-refractivity contribution in [2.24, 2.45) is 0 Å². The van der Waals surface area contributed by atoms with Crippen LogP contribution in [0.15, 0.2) is 78.9 Å². The molecule has 0 aliphatic heterocycles. The van der Waals surface area contributed by atoms with Crippen molar-refractivity contribution in [3.63, 3.8) is 0 Å². The van der Waals surface area contributed by atoms with E-state index in [2.05, 4.69) is 48.6 Å². The number of para-hydroxylation sites is 1. The van der Waals surface area contributed by atoms with Crippen molar-refractivity contribution in [2.45, 2.75) is 18.6 Å². The second-order valence-electron chi connectivity index (χ2n) is 8.86. The highest BCUT2D eigenvalue weighted by atomic mass is 32.2. The minimum Gasteiger partial charge on any atom is -0.493 e. The number of rotatable bonds is 13. The average molecular weight is 553 g/mol. The summed E-state index contributed by atoms with van der Waals surface area (Å²) in [7, 11) is 4.13.